The molecule has 1 aromatic carbocycles. The van der Waals surface area contributed by atoms with E-state index in [0.717, 1.165) is 25.9 Å². The lowest BCUT2D eigenvalue weighted by atomic mass is 9.99. The van der Waals surface area contributed by atoms with Crippen LogP contribution in [0, 0.1) is 5.92 Å². The molecule has 0 spiro atoms. The van der Waals surface area contributed by atoms with Crippen molar-refractivity contribution >= 4 is 27.3 Å². The predicted octanol–water partition coefficient (Wildman–Crippen LogP) is 1.54. The molecule has 1 fully saturated rings. The van der Waals surface area contributed by atoms with Crippen molar-refractivity contribution in [2.24, 2.45) is 5.92 Å². The summed E-state index contributed by atoms with van der Waals surface area (Å²) in [7, 11) is -1.52. The van der Waals surface area contributed by atoms with Crippen LogP contribution in [-0.4, -0.2) is 40.0 Å². The average molecular weight is 318 g/mol. The summed E-state index contributed by atoms with van der Waals surface area (Å²) in [6.45, 7) is 2.43. The summed E-state index contributed by atoms with van der Waals surface area (Å²) in [4.78, 5) is 2.31. The smallest absolute Gasteiger partial charge is 0.242 e. The number of hydrogen-bond acceptors (Lipinski definition) is 4. The number of nitrogens with zero attached hydrogens (tertiary/aromatic N) is 1. The molecule has 3 N–H and O–H groups in total. The second-order valence-corrected chi connectivity index (χ2v) is 7.48. The van der Waals surface area contributed by atoms with Crippen LogP contribution in [0.3, 0.4) is 0 Å². The van der Waals surface area contributed by atoms with E-state index in [-0.39, 0.29) is 10.6 Å². The molecule has 20 heavy (non-hydrogen) atoms. The topological polar surface area (TPSA) is 75.4 Å². The van der Waals surface area contributed by atoms with Crippen LogP contribution in [-0.2, 0) is 10.0 Å². The van der Waals surface area contributed by atoms with Gasteiger partial charge in [0.1, 0.15) is 4.90 Å². The molecule has 5 nitrogen and oxygen atoms in total. The molecule has 1 aromatic rings. The molecule has 0 aromatic heterocycles. The molecule has 1 aliphatic rings. The highest BCUT2D eigenvalue weighted by Gasteiger charge is 2.22. The highest BCUT2D eigenvalue weighted by molar-refractivity contribution is 7.89. The van der Waals surface area contributed by atoms with Crippen LogP contribution in [0.2, 0.25) is 5.02 Å². The Bertz CT molecular complexity index is 577. The standard InChI is InChI=1S/C13H20ClN3O2S/c1-17-6-2-3-10(9-17)8-16-20(18,19)13-5-4-11(14)7-12(13)15/h4-5,7,10,16H,2-3,6,8-9,15H2,1H3. The summed E-state index contributed by atoms with van der Waals surface area (Å²) in [6, 6.07) is 4.42. The Morgan fingerprint density at radius 3 is 2.90 bits per heavy atom. The Morgan fingerprint density at radius 2 is 2.25 bits per heavy atom. The Morgan fingerprint density at radius 1 is 1.50 bits per heavy atom. The lowest BCUT2D eigenvalue weighted by Gasteiger charge is -2.29. The SMILES string of the molecule is CN1CCCC(CNS(=O)(=O)c2ccc(Cl)cc2N)C1. The summed E-state index contributed by atoms with van der Waals surface area (Å²) >= 11 is 5.78. The minimum Gasteiger partial charge on any atom is -0.398 e. The molecule has 0 radical (unpaired) electrons. The van der Waals surface area contributed by atoms with Crippen molar-refractivity contribution in [3.63, 3.8) is 0 Å². The highest BCUT2D eigenvalue weighted by atomic mass is 35.5. The van der Waals surface area contributed by atoms with Crippen molar-refractivity contribution in [1.29, 1.82) is 0 Å². The second-order valence-electron chi connectivity index (χ2n) is 5.30. The van der Waals surface area contributed by atoms with Crippen LogP contribution in [0.25, 0.3) is 0 Å². The molecule has 0 amide bonds. The largest absolute Gasteiger partial charge is 0.398 e. The average Bonchev–Trinajstić information content (AvgIpc) is 2.36. The van der Waals surface area contributed by atoms with Gasteiger partial charge in [0.05, 0.1) is 5.69 Å². The van der Waals surface area contributed by atoms with E-state index in [0.29, 0.717) is 17.5 Å². The molecule has 2 rings (SSSR count). The van der Waals surface area contributed by atoms with Gasteiger partial charge in [-0.1, -0.05) is 11.6 Å². The molecular formula is C13H20ClN3O2S. The van der Waals surface area contributed by atoms with E-state index in [9.17, 15) is 8.42 Å². The fourth-order valence-electron chi connectivity index (χ4n) is 2.51. The number of nitrogen functional groups attached to an aromatic ring is 1. The number of sulfonamides is 1. The Hall–Kier alpha value is -0.820. The predicted molar refractivity (Wildman–Crippen MR) is 81.3 cm³/mol. The number of nitrogens with two attached hydrogens (primary N) is 1. The van der Waals surface area contributed by atoms with E-state index >= 15 is 0 Å². The first kappa shape index (κ1) is 15.6. The highest BCUT2D eigenvalue weighted by Crippen LogP contribution is 2.22. The van der Waals surface area contributed by atoms with E-state index in [1.54, 1.807) is 0 Å². The monoisotopic (exact) mass is 317 g/mol. The maximum atomic E-state index is 12.2. The van der Waals surface area contributed by atoms with Gasteiger partial charge in [0.2, 0.25) is 10.0 Å². The number of nitrogens with one attached hydrogen (secondary N) is 1. The third kappa shape index (κ3) is 3.85. The minimum atomic E-state index is -3.58. The van der Waals surface area contributed by atoms with E-state index < -0.39 is 10.0 Å². The van der Waals surface area contributed by atoms with Crippen LogP contribution in [0.4, 0.5) is 5.69 Å². The zero-order valence-electron chi connectivity index (χ0n) is 11.5. The lowest BCUT2D eigenvalue weighted by Crippen LogP contribution is -2.39. The number of likely N-dealkylation sites (tertiary alicyclic amines) is 1. The van der Waals surface area contributed by atoms with Crippen LogP contribution >= 0.6 is 11.6 Å². The molecular weight excluding hydrogens is 298 g/mol. The van der Waals surface area contributed by atoms with Gasteiger partial charge in [0, 0.05) is 18.1 Å². The normalized spacial score (nSPS) is 21.0. The van der Waals surface area contributed by atoms with Crippen molar-refractivity contribution in [1.82, 2.24) is 9.62 Å². The van der Waals surface area contributed by atoms with Crippen molar-refractivity contribution in [3.8, 4) is 0 Å². The molecule has 1 heterocycles. The van der Waals surface area contributed by atoms with Crippen molar-refractivity contribution in [3.05, 3.63) is 23.2 Å². The van der Waals surface area contributed by atoms with Gasteiger partial charge in [-0.05, 0) is 50.6 Å². The molecule has 0 bridgehead atoms. The zero-order chi connectivity index (χ0) is 14.8. The molecule has 0 saturated carbocycles. The number of rotatable bonds is 4. The lowest BCUT2D eigenvalue weighted by molar-refractivity contribution is 0.211. The zero-order valence-corrected chi connectivity index (χ0v) is 13.0. The summed E-state index contributed by atoms with van der Waals surface area (Å²) in [5.74, 6) is 0.344. The molecule has 1 aliphatic heterocycles. The fraction of sp³-hybridized carbons (Fsp3) is 0.538. The number of hydrogen-bond donors (Lipinski definition) is 2. The second kappa shape index (κ2) is 6.30. The first-order valence-electron chi connectivity index (χ1n) is 6.62. The number of halogens is 1. The van der Waals surface area contributed by atoms with Crippen LogP contribution in [0.5, 0.6) is 0 Å². The van der Waals surface area contributed by atoms with Gasteiger partial charge in [-0.3, -0.25) is 0 Å². The van der Waals surface area contributed by atoms with Gasteiger partial charge in [-0.15, -0.1) is 0 Å². The van der Waals surface area contributed by atoms with Crippen LogP contribution in [0.1, 0.15) is 12.8 Å². The van der Waals surface area contributed by atoms with Gasteiger partial charge in [-0.2, -0.15) is 0 Å². The minimum absolute atomic E-state index is 0.0889. The Kier molecular flexibility index (Phi) is 4.90. The van der Waals surface area contributed by atoms with Gasteiger partial charge in [0.25, 0.3) is 0 Å². The third-order valence-corrected chi connectivity index (χ3v) is 5.28. The van der Waals surface area contributed by atoms with Gasteiger partial charge < -0.3 is 10.6 Å². The summed E-state index contributed by atoms with van der Waals surface area (Å²) in [5.41, 5.74) is 5.90. The van der Waals surface area contributed by atoms with Crippen molar-refractivity contribution in [2.45, 2.75) is 17.7 Å². The molecule has 0 aliphatic carbocycles. The van der Waals surface area contributed by atoms with Crippen LogP contribution < -0.4 is 10.5 Å². The fourth-order valence-corrected chi connectivity index (χ4v) is 3.92. The first-order valence-corrected chi connectivity index (χ1v) is 8.48. The molecule has 1 atom stereocenters. The van der Waals surface area contributed by atoms with Crippen LogP contribution in [0.15, 0.2) is 23.1 Å². The van der Waals surface area contributed by atoms with Crippen molar-refractivity contribution < 1.29 is 8.42 Å². The van der Waals surface area contributed by atoms with E-state index in [2.05, 4.69) is 16.7 Å². The summed E-state index contributed by atoms with van der Waals surface area (Å²) in [6.07, 6.45) is 2.15. The first-order chi connectivity index (χ1) is 9.38. The van der Waals surface area contributed by atoms with E-state index in [1.165, 1.54) is 18.2 Å². The maximum Gasteiger partial charge on any atom is 0.242 e. The van der Waals surface area contributed by atoms with Crippen molar-refractivity contribution in [2.75, 3.05) is 32.4 Å². The molecule has 1 unspecified atom stereocenters. The quantitative estimate of drug-likeness (QED) is 0.826. The van der Waals surface area contributed by atoms with Gasteiger partial charge >= 0.3 is 0 Å². The molecule has 7 heteroatoms. The summed E-state index contributed by atoms with van der Waals surface area (Å²) in [5, 5.41) is 0.426. The third-order valence-electron chi connectivity index (χ3n) is 3.55. The number of anilines is 1. The molecule has 1 saturated heterocycles. The van der Waals surface area contributed by atoms with Gasteiger partial charge in [-0.25, -0.2) is 13.1 Å². The number of benzene rings is 1. The van der Waals surface area contributed by atoms with E-state index in [1.807, 2.05) is 0 Å². The van der Waals surface area contributed by atoms with E-state index in [4.69, 9.17) is 17.3 Å². The van der Waals surface area contributed by atoms with Gasteiger partial charge in [0.15, 0.2) is 0 Å². The maximum absolute atomic E-state index is 12.2. The Balaban J connectivity index is 2.03. The summed E-state index contributed by atoms with van der Waals surface area (Å²) < 4.78 is 27.1. The molecule has 112 valence electrons. The Labute approximate surface area is 125 Å². The number of piperidine rings is 1.